The predicted octanol–water partition coefficient (Wildman–Crippen LogP) is 3.75. The highest BCUT2D eigenvalue weighted by Gasteiger charge is 2.24. The summed E-state index contributed by atoms with van der Waals surface area (Å²) in [4.78, 5) is 2.32. The molecule has 1 fully saturated rings. The van der Waals surface area contributed by atoms with Gasteiger partial charge >= 0.3 is 0 Å². The number of nitrogens with zero attached hydrogens (tertiary/aromatic N) is 3. The predicted molar refractivity (Wildman–Crippen MR) is 99.7 cm³/mol. The molecule has 0 aliphatic carbocycles. The molecule has 0 amide bonds. The lowest BCUT2D eigenvalue weighted by molar-refractivity contribution is 0.616. The average Bonchev–Trinajstić information content (AvgIpc) is 3.10. The SMILES string of the molecule is CNC1CCN(c2nnc(-c3ccc(Cl)cc3)c3ccccc23)C1. The number of hydrogen-bond donors (Lipinski definition) is 1. The van der Waals surface area contributed by atoms with Crippen LogP contribution in [0, 0.1) is 0 Å². The van der Waals surface area contributed by atoms with E-state index in [0.29, 0.717) is 6.04 Å². The second kappa shape index (κ2) is 6.38. The van der Waals surface area contributed by atoms with E-state index in [4.69, 9.17) is 11.6 Å². The summed E-state index contributed by atoms with van der Waals surface area (Å²) in [5, 5.41) is 15.5. The largest absolute Gasteiger partial charge is 0.353 e. The quantitative estimate of drug-likeness (QED) is 0.789. The molecule has 5 heteroatoms. The Labute approximate surface area is 146 Å². The van der Waals surface area contributed by atoms with Gasteiger partial charge in [-0.2, -0.15) is 0 Å². The minimum absolute atomic E-state index is 0.515. The van der Waals surface area contributed by atoms with Gasteiger partial charge in [-0.25, -0.2) is 0 Å². The Hall–Kier alpha value is -2.17. The van der Waals surface area contributed by atoms with Gasteiger partial charge in [0.15, 0.2) is 5.82 Å². The molecule has 2 aromatic carbocycles. The standard InChI is InChI=1S/C19H19ClN4/c1-21-15-10-11-24(12-15)19-17-5-3-2-4-16(17)18(22-23-19)13-6-8-14(20)9-7-13/h2-9,15,21H,10-12H2,1H3. The van der Waals surface area contributed by atoms with Crippen LogP contribution in [0.25, 0.3) is 22.0 Å². The summed E-state index contributed by atoms with van der Waals surface area (Å²) in [7, 11) is 2.02. The van der Waals surface area contributed by atoms with Gasteiger partial charge in [0.1, 0.15) is 5.69 Å². The van der Waals surface area contributed by atoms with Crippen molar-refractivity contribution in [2.75, 3.05) is 25.0 Å². The molecule has 0 saturated carbocycles. The number of fused-ring (bicyclic) bond motifs is 1. The van der Waals surface area contributed by atoms with Crippen molar-refractivity contribution in [3.8, 4) is 11.3 Å². The Morgan fingerprint density at radius 1 is 1.04 bits per heavy atom. The number of anilines is 1. The zero-order chi connectivity index (χ0) is 16.5. The molecular weight excluding hydrogens is 320 g/mol. The third-order valence-corrected chi connectivity index (χ3v) is 4.93. The molecular formula is C19H19ClN4. The van der Waals surface area contributed by atoms with Gasteiger partial charge in [0.2, 0.25) is 0 Å². The molecule has 1 unspecified atom stereocenters. The van der Waals surface area contributed by atoms with Crippen LogP contribution in [0.5, 0.6) is 0 Å². The third-order valence-electron chi connectivity index (χ3n) is 4.68. The maximum Gasteiger partial charge on any atom is 0.159 e. The van der Waals surface area contributed by atoms with E-state index in [2.05, 4.69) is 38.6 Å². The van der Waals surface area contributed by atoms with Crippen molar-refractivity contribution in [1.29, 1.82) is 0 Å². The maximum absolute atomic E-state index is 6.01. The number of likely N-dealkylation sites (N-methyl/N-ethyl adjacent to an activating group) is 1. The minimum Gasteiger partial charge on any atom is -0.353 e. The topological polar surface area (TPSA) is 41.0 Å². The number of nitrogens with one attached hydrogen (secondary N) is 1. The van der Waals surface area contributed by atoms with Crippen molar-refractivity contribution in [3.63, 3.8) is 0 Å². The van der Waals surface area contributed by atoms with Crippen LogP contribution in [0.1, 0.15) is 6.42 Å². The van der Waals surface area contributed by atoms with Crippen molar-refractivity contribution in [1.82, 2.24) is 15.5 Å². The van der Waals surface area contributed by atoms with Crippen LogP contribution < -0.4 is 10.2 Å². The zero-order valence-corrected chi connectivity index (χ0v) is 14.3. The average molecular weight is 339 g/mol. The molecule has 1 aliphatic heterocycles. The van der Waals surface area contributed by atoms with Gasteiger partial charge in [-0.05, 0) is 25.6 Å². The number of halogens is 1. The van der Waals surface area contributed by atoms with E-state index < -0.39 is 0 Å². The first-order chi connectivity index (χ1) is 11.8. The molecule has 3 aromatic rings. The van der Waals surface area contributed by atoms with Gasteiger partial charge < -0.3 is 10.2 Å². The van der Waals surface area contributed by atoms with Gasteiger partial charge in [0, 0.05) is 40.5 Å². The van der Waals surface area contributed by atoms with E-state index >= 15 is 0 Å². The maximum atomic E-state index is 6.01. The smallest absolute Gasteiger partial charge is 0.159 e. The van der Waals surface area contributed by atoms with Crippen LogP contribution in [-0.4, -0.2) is 36.4 Å². The minimum atomic E-state index is 0.515. The number of benzene rings is 2. The summed E-state index contributed by atoms with van der Waals surface area (Å²) in [6.45, 7) is 1.97. The molecule has 122 valence electrons. The zero-order valence-electron chi connectivity index (χ0n) is 13.5. The number of rotatable bonds is 3. The number of aromatic nitrogens is 2. The van der Waals surface area contributed by atoms with E-state index in [1.54, 1.807) is 0 Å². The molecule has 4 nitrogen and oxygen atoms in total. The lowest BCUT2D eigenvalue weighted by atomic mass is 10.0. The van der Waals surface area contributed by atoms with E-state index in [1.165, 1.54) is 0 Å². The van der Waals surface area contributed by atoms with Crippen molar-refractivity contribution < 1.29 is 0 Å². The molecule has 1 aromatic heterocycles. The van der Waals surface area contributed by atoms with Crippen molar-refractivity contribution in [2.45, 2.75) is 12.5 Å². The fourth-order valence-electron chi connectivity index (χ4n) is 3.33. The van der Waals surface area contributed by atoms with Crippen LogP contribution >= 0.6 is 11.6 Å². The highest BCUT2D eigenvalue weighted by atomic mass is 35.5. The lowest BCUT2D eigenvalue weighted by Gasteiger charge is -2.19. The third kappa shape index (κ3) is 2.72. The number of hydrogen-bond acceptors (Lipinski definition) is 4. The van der Waals surface area contributed by atoms with E-state index in [0.717, 1.165) is 52.4 Å². The van der Waals surface area contributed by atoms with Crippen LogP contribution in [0.15, 0.2) is 48.5 Å². The molecule has 1 saturated heterocycles. The monoisotopic (exact) mass is 338 g/mol. The van der Waals surface area contributed by atoms with Crippen LogP contribution in [-0.2, 0) is 0 Å². The first kappa shape index (κ1) is 15.4. The highest BCUT2D eigenvalue weighted by molar-refractivity contribution is 6.30. The second-order valence-corrected chi connectivity index (χ2v) is 6.58. The van der Waals surface area contributed by atoms with Crippen molar-refractivity contribution in [2.24, 2.45) is 0 Å². The molecule has 0 bridgehead atoms. The fraction of sp³-hybridized carbons (Fsp3) is 0.263. The Morgan fingerprint density at radius 2 is 1.79 bits per heavy atom. The van der Waals surface area contributed by atoms with Crippen LogP contribution in [0.3, 0.4) is 0 Å². The summed E-state index contributed by atoms with van der Waals surface area (Å²) < 4.78 is 0. The van der Waals surface area contributed by atoms with Crippen molar-refractivity contribution >= 4 is 28.2 Å². The van der Waals surface area contributed by atoms with E-state index in [1.807, 2.05) is 37.4 Å². The Bertz CT molecular complexity index is 863. The molecule has 0 radical (unpaired) electrons. The highest BCUT2D eigenvalue weighted by Crippen LogP contribution is 2.32. The van der Waals surface area contributed by atoms with Gasteiger partial charge in [-0.15, -0.1) is 10.2 Å². The molecule has 2 heterocycles. The Morgan fingerprint density at radius 3 is 2.50 bits per heavy atom. The first-order valence-corrected chi connectivity index (χ1v) is 8.57. The summed E-state index contributed by atoms with van der Waals surface area (Å²) in [6.07, 6.45) is 1.13. The molecule has 0 spiro atoms. The van der Waals surface area contributed by atoms with Gasteiger partial charge in [-0.1, -0.05) is 48.0 Å². The summed E-state index contributed by atoms with van der Waals surface area (Å²) in [5.74, 6) is 0.973. The Kier molecular flexibility index (Phi) is 4.08. The van der Waals surface area contributed by atoms with Crippen LogP contribution in [0.2, 0.25) is 5.02 Å². The second-order valence-electron chi connectivity index (χ2n) is 6.14. The lowest BCUT2D eigenvalue weighted by Crippen LogP contribution is -2.30. The fourth-order valence-corrected chi connectivity index (χ4v) is 3.46. The van der Waals surface area contributed by atoms with Gasteiger partial charge in [0.25, 0.3) is 0 Å². The molecule has 24 heavy (non-hydrogen) atoms. The summed E-state index contributed by atoms with van der Waals surface area (Å²) >= 11 is 6.01. The molecule has 1 N–H and O–H groups in total. The van der Waals surface area contributed by atoms with Crippen molar-refractivity contribution in [3.05, 3.63) is 53.6 Å². The normalized spacial score (nSPS) is 17.6. The molecule has 1 aliphatic rings. The first-order valence-electron chi connectivity index (χ1n) is 8.20. The van der Waals surface area contributed by atoms with E-state index in [-0.39, 0.29) is 0 Å². The summed E-state index contributed by atoms with van der Waals surface area (Å²) in [5.41, 5.74) is 1.93. The van der Waals surface area contributed by atoms with Crippen LogP contribution in [0.4, 0.5) is 5.82 Å². The van der Waals surface area contributed by atoms with Gasteiger partial charge in [-0.3, -0.25) is 0 Å². The summed E-state index contributed by atoms with van der Waals surface area (Å²) in [6, 6.07) is 16.6. The van der Waals surface area contributed by atoms with E-state index in [9.17, 15) is 0 Å². The Balaban J connectivity index is 1.82. The van der Waals surface area contributed by atoms with Gasteiger partial charge in [0.05, 0.1) is 0 Å². The molecule has 4 rings (SSSR count). The molecule has 1 atom stereocenters.